The monoisotopic (exact) mass is 273 g/mol. The first-order valence-corrected chi connectivity index (χ1v) is 8.18. The number of rotatable bonds is 3. The number of benzene rings is 1. The summed E-state index contributed by atoms with van der Waals surface area (Å²) in [7, 11) is 0. The van der Waals surface area contributed by atoms with Crippen LogP contribution in [-0.4, -0.2) is 12.1 Å². The Kier molecular flexibility index (Phi) is 3.40. The zero-order chi connectivity index (χ0) is 13.5. The van der Waals surface area contributed by atoms with E-state index in [1.807, 2.05) is 11.3 Å². The van der Waals surface area contributed by atoms with Crippen molar-refractivity contribution in [1.82, 2.24) is 5.32 Å². The van der Waals surface area contributed by atoms with E-state index in [1.165, 1.54) is 34.9 Å². The van der Waals surface area contributed by atoms with Crippen LogP contribution < -0.4 is 5.32 Å². The lowest BCUT2D eigenvalue weighted by molar-refractivity contribution is 0.430. The predicted octanol–water partition coefficient (Wildman–Crippen LogP) is 4.32. The Balaban J connectivity index is 1.81. The van der Waals surface area contributed by atoms with E-state index in [2.05, 4.69) is 43.6 Å². The van der Waals surface area contributed by atoms with Gasteiger partial charge in [-0.15, -0.1) is 11.3 Å². The first kappa shape index (κ1) is 13.1. The van der Waals surface area contributed by atoms with Gasteiger partial charge in [-0.25, -0.2) is 0 Å². The highest BCUT2D eigenvalue weighted by Crippen LogP contribution is 2.33. The van der Waals surface area contributed by atoms with E-state index in [0.717, 1.165) is 13.0 Å². The molecule has 1 aromatic heterocycles. The molecule has 0 bridgehead atoms. The van der Waals surface area contributed by atoms with Gasteiger partial charge in [0.1, 0.15) is 0 Å². The Morgan fingerprint density at radius 2 is 1.89 bits per heavy atom. The molecule has 0 saturated carbocycles. The molecule has 0 spiro atoms. The Hall–Kier alpha value is -0.860. The van der Waals surface area contributed by atoms with E-state index >= 15 is 0 Å². The lowest BCUT2D eigenvalue weighted by Gasteiger charge is -2.20. The van der Waals surface area contributed by atoms with Crippen molar-refractivity contribution in [3.63, 3.8) is 0 Å². The molecule has 0 aliphatic heterocycles. The fourth-order valence-corrected chi connectivity index (χ4v) is 3.96. The quantitative estimate of drug-likeness (QED) is 0.878. The Morgan fingerprint density at radius 1 is 1.16 bits per heavy atom. The molecule has 19 heavy (non-hydrogen) atoms. The largest absolute Gasteiger partial charge is 0.312 e. The van der Waals surface area contributed by atoms with Gasteiger partial charge in [0.15, 0.2) is 0 Å². The van der Waals surface area contributed by atoms with Crippen LogP contribution in [0.15, 0.2) is 17.5 Å². The molecular weight excluding hydrogens is 250 g/mol. The van der Waals surface area contributed by atoms with Crippen LogP contribution in [0.25, 0.3) is 10.1 Å². The van der Waals surface area contributed by atoms with E-state index < -0.39 is 0 Å². The third kappa shape index (κ3) is 2.85. The van der Waals surface area contributed by atoms with Crippen molar-refractivity contribution in [1.29, 1.82) is 0 Å². The van der Waals surface area contributed by atoms with Crippen LogP contribution in [0.2, 0.25) is 0 Å². The maximum Gasteiger partial charge on any atom is 0.0348 e. The van der Waals surface area contributed by atoms with Crippen LogP contribution in [0.4, 0.5) is 0 Å². The zero-order valence-electron chi connectivity index (χ0n) is 12.2. The number of hydrogen-bond donors (Lipinski definition) is 1. The summed E-state index contributed by atoms with van der Waals surface area (Å²) in [5, 5.41) is 7.43. The van der Waals surface area contributed by atoms with Crippen LogP contribution in [0.3, 0.4) is 0 Å². The average molecular weight is 273 g/mol. The third-order valence-corrected chi connectivity index (χ3v) is 4.91. The molecule has 0 fully saturated rings. The van der Waals surface area contributed by atoms with Crippen molar-refractivity contribution in [2.24, 2.45) is 0 Å². The molecule has 1 nitrogen and oxygen atoms in total. The standard InChI is InChI=1S/C17H23NS/c1-17(2,3)18-8-7-14-11-19-16-10-13-6-4-5-12(13)9-15(14)16/h9-11,18H,4-8H2,1-3H3. The third-order valence-electron chi connectivity index (χ3n) is 3.92. The summed E-state index contributed by atoms with van der Waals surface area (Å²) < 4.78 is 1.48. The molecule has 1 aliphatic rings. The topological polar surface area (TPSA) is 12.0 Å². The minimum atomic E-state index is 0.215. The summed E-state index contributed by atoms with van der Waals surface area (Å²) in [6.45, 7) is 7.75. The molecular formula is C17H23NS. The van der Waals surface area contributed by atoms with Crippen molar-refractivity contribution in [2.45, 2.75) is 52.0 Å². The summed E-state index contributed by atoms with van der Waals surface area (Å²) in [6, 6.07) is 4.89. The number of fused-ring (bicyclic) bond motifs is 2. The molecule has 0 radical (unpaired) electrons. The summed E-state index contributed by atoms with van der Waals surface area (Å²) in [5.74, 6) is 0. The van der Waals surface area contributed by atoms with Crippen molar-refractivity contribution in [3.05, 3.63) is 34.2 Å². The van der Waals surface area contributed by atoms with Gasteiger partial charge in [-0.2, -0.15) is 0 Å². The molecule has 2 heteroatoms. The molecule has 1 N–H and O–H groups in total. The number of thiophene rings is 1. The smallest absolute Gasteiger partial charge is 0.0348 e. The highest BCUT2D eigenvalue weighted by Gasteiger charge is 2.14. The van der Waals surface area contributed by atoms with Crippen LogP contribution in [0.1, 0.15) is 43.9 Å². The van der Waals surface area contributed by atoms with Gasteiger partial charge in [-0.05, 0) is 92.6 Å². The molecule has 0 atom stereocenters. The summed E-state index contributed by atoms with van der Waals surface area (Å²) in [4.78, 5) is 0. The summed E-state index contributed by atoms with van der Waals surface area (Å²) in [5.41, 5.74) is 4.92. The SMILES string of the molecule is CC(C)(C)NCCc1csc2cc3c(cc12)CCC3. The summed E-state index contributed by atoms with van der Waals surface area (Å²) >= 11 is 1.91. The summed E-state index contributed by atoms with van der Waals surface area (Å²) in [6.07, 6.45) is 5.04. The van der Waals surface area contributed by atoms with Crippen LogP contribution in [-0.2, 0) is 19.3 Å². The van der Waals surface area contributed by atoms with Gasteiger partial charge in [0, 0.05) is 10.2 Å². The van der Waals surface area contributed by atoms with Crippen molar-refractivity contribution in [2.75, 3.05) is 6.54 Å². The Labute approximate surface area is 120 Å². The molecule has 0 unspecified atom stereocenters. The van der Waals surface area contributed by atoms with E-state index in [1.54, 1.807) is 11.1 Å². The first-order valence-electron chi connectivity index (χ1n) is 7.30. The van der Waals surface area contributed by atoms with Crippen molar-refractivity contribution in [3.8, 4) is 0 Å². The number of nitrogens with one attached hydrogen (secondary N) is 1. The predicted molar refractivity (Wildman–Crippen MR) is 85.3 cm³/mol. The minimum Gasteiger partial charge on any atom is -0.312 e. The van der Waals surface area contributed by atoms with Gasteiger partial charge in [0.25, 0.3) is 0 Å². The van der Waals surface area contributed by atoms with Crippen molar-refractivity contribution < 1.29 is 0 Å². The van der Waals surface area contributed by atoms with Gasteiger partial charge in [-0.3, -0.25) is 0 Å². The van der Waals surface area contributed by atoms with Gasteiger partial charge >= 0.3 is 0 Å². The van der Waals surface area contributed by atoms with Crippen LogP contribution in [0.5, 0.6) is 0 Å². The first-order chi connectivity index (χ1) is 9.03. The normalized spacial score (nSPS) is 15.1. The maximum atomic E-state index is 3.58. The second-order valence-electron chi connectivity index (χ2n) is 6.66. The van der Waals surface area contributed by atoms with Crippen LogP contribution >= 0.6 is 11.3 Å². The molecule has 0 amide bonds. The van der Waals surface area contributed by atoms with Crippen molar-refractivity contribution >= 4 is 21.4 Å². The van der Waals surface area contributed by atoms with Gasteiger partial charge in [-0.1, -0.05) is 0 Å². The second kappa shape index (κ2) is 4.92. The zero-order valence-corrected chi connectivity index (χ0v) is 13.0. The molecule has 1 aromatic carbocycles. The van der Waals surface area contributed by atoms with E-state index in [9.17, 15) is 0 Å². The fourth-order valence-electron chi connectivity index (χ4n) is 2.91. The minimum absolute atomic E-state index is 0.215. The Morgan fingerprint density at radius 3 is 2.63 bits per heavy atom. The highest BCUT2D eigenvalue weighted by molar-refractivity contribution is 7.17. The van der Waals surface area contributed by atoms with Gasteiger partial charge in [0.05, 0.1) is 0 Å². The molecule has 2 aromatic rings. The fraction of sp³-hybridized carbons (Fsp3) is 0.529. The lowest BCUT2D eigenvalue weighted by Crippen LogP contribution is -2.37. The molecule has 1 aliphatic carbocycles. The molecule has 3 rings (SSSR count). The van der Waals surface area contributed by atoms with Gasteiger partial charge < -0.3 is 5.32 Å². The van der Waals surface area contributed by atoms with E-state index in [4.69, 9.17) is 0 Å². The second-order valence-corrected chi connectivity index (χ2v) is 7.57. The van der Waals surface area contributed by atoms with E-state index in [-0.39, 0.29) is 5.54 Å². The van der Waals surface area contributed by atoms with Crippen LogP contribution in [0, 0.1) is 0 Å². The van der Waals surface area contributed by atoms with Gasteiger partial charge in [0.2, 0.25) is 0 Å². The maximum absolute atomic E-state index is 3.58. The van der Waals surface area contributed by atoms with E-state index in [0.29, 0.717) is 0 Å². The highest BCUT2D eigenvalue weighted by atomic mass is 32.1. The molecule has 1 heterocycles. The Bertz CT molecular complexity index is 589. The lowest BCUT2D eigenvalue weighted by atomic mass is 10.0. The molecule has 0 saturated heterocycles. The molecule has 102 valence electrons. The average Bonchev–Trinajstić information content (AvgIpc) is 2.91. The number of aryl methyl sites for hydroxylation is 2. The number of hydrogen-bond acceptors (Lipinski definition) is 2.